The van der Waals surface area contributed by atoms with E-state index in [1.807, 2.05) is 6.07 Å². The second-order valence-electron chi connectivity index (χ2n) is 3.58. The summed E-state index contributed by atoms with van der Waals surface area (Å²) in [5.41, 5.74) is 0. The number of thiocyanates is 1. The second kappa shape index (κ2) is 5.81. The molecule has 3 rings (SSSR count). The summed E-state index contributed by atoms with van der Waals surface area (Å²) in [5, 5.41) is 10.8. The number of hydrogen-bond donors (Lipinski definition) is 0. The Balaban J connectivity index is 1.90. The van der Waals surface area contributed by atoms with E-state index in [0.29, 0.717) is 0 Å². The number of nitriles is 1. The number of thioether (sulfide) groups is 1. The molecule has 3 aromatic rings. The maximum atomic E-state index is 8.67. The Morgan fingerprint density at radius 1 is 0.842 bits per heavy atom. The summed E-state index contributed by atoms with van der Waals surface area (Å²) < 4.78 is 2.20. The highest BCUT2D eigenvalue weighted by atomic mass is 79.9. The molecule has 0 aliphatic rings. The molecule has 6 heteroatoms. The molecule has 0 bridgehead atoms. The van der Waals surface area contributed by atoms with Crippen molar-refractivity contribution in [2.24, 2.45) is 0 Å². The number of nitrogens with zero attached hydrogens (tertiary/aromatic N) is 1. The summed E-state index contributed by atoms with van der Waals surface area (Å²) in [4.78, 5) is 5.05. The number of thiophene rings is 3. The molecule has 0 radical (unpaired) electrons. The summed E-state index contributed by atoms with van der Waals surface area (Å²) in [6.45, 7) is 0. The SMILES string of the molecule is N#CSc1ccc(-c2ccc(-c3ccc(Br)s3)s2)s1. The van der Waals surface area contributed by atoms with E-state index in [0.717, 1.165) is 8.00 Å². The quantitative estimate of drug-likeness (QED) is 0.378. The molecule has 19 heavy (non-hydrogen) atoms. The molecule has 0 spiro atoms. The molecule has 3 heterocycles. The molecular formula is C13H6BrNS4. The van der Waals surface area contributed by atoms with Crippen molar-refractivity contribution in [3.63, 3.8) is 0 Å². The first kappa shape index (κ1) is 13.4. The Hall–Kier alpha value is -0.580. The number of hydrogen-bond acceptors (Lipinski definition) is 5. The lowest BCUT2D eigenvalue weighted by Crippen LogP contribution is -1.57. The minimum atomic E-state index is 1.05. The average molecular weight is 384 g/mol. The molecule has 1 nitrogen and oxygen atoms in total. The van der Waals surface area contributed by atoms with Crippen LogP contribution in [0.5, 0.6) is 0 Å². The molecule has 0 N–H and O–H groups in total. The summed E-state index contributed by atoms with van der Waals surface area (Å²) in [5.74, 6) is 0. The highest BCUT2D eigenvalue weighted by Crippen LogP contribution is 2.41. The largest absolute Gasteiger partial charge is 0.185 e. The standard InChI is InChI=1S/C13H6BrNS4/c14-12-5-3-10(18-12)8-1-2-9(17-8)11-4-6-13(19-11)16-7-15/h1-6H. The molecule has 0 saturated carbocycles. The fraction of sp³-hybridized carbons (Fsp3) is 0. The van der Waals surface area contributed by atoms with E-state index in [9.17, 15) is 0 Å². The van der Waals surface area contributed by atoms with Gasteiger partial charge in [0.15, 0.2) is 0 Å². The van der Waals surface area contributed by atoms with Gasteiger partial charge in [0, 0.05) is 31.3 Å². The number of halogens is 1. The highest BCUT2D eigenvalue weighted by Gasteiger charge is 2.09. The summed E-state index contributed by atoms with van der Waals surface area (Å²) in [6.07, 6.45) is 0. The van der Waals surface area contributed by atoms with Crippen molar-refractivity contribution in [1.29, 1.82) is 5.26 Å². The van der Waals surface area contributed by atoms with Crippen LogP contribution in [0.2, 0.25) is 0 Å². The maximum absolute atomic E-state index is 8.67. The van der Waals surface area contributed by atoms with Crippen molar-refractivity contribution >= 4 is 61.7 Å². The summed E-state index contributed by atoms with van der Waals surface area (Å²) >= 11 is 9.92. The van der Waals surface area contributed by atoms with Crippen LogP contribution in [0, 0.1) is 10.7 Å². The van der Waals surface area contributed by atoms with Crippen LogP contribution in [0.4, 0.5) is 0 Å². The fourth-order valence-electron chi connectivity index (χ4n) is 1.60. The van der Waals surface area contributed by atoms with Crippen molar-refractivity contribution in [2.75, 3.05) is 0 Å². The topological polar surface area (TPSA) is 23.8 Å². The van der Waals surface area contributed by atoms with Gasteiger partial charge in [-0.05, 0) is 52.3 Å². The van der Waals surface area contributed by atoms with Gasteiger partial charge < -0.3 is 0 Å². The molecule has 0 unspecified atom stereocenters. The highest BCUT2D eigenvalue weighted by molar-refractivity contribution is 9.11. The van der Waals surface area contributed by atoms with Gasteiger partial charge in [-0.2, -0.15) is 5.26 Å². The first-order chi connectivity index (χ1) is 9.26. The van der Waals surface area contributed by atoms with Crippen molar-refractivity contribution < 1.29 is 0 Å². The van der Waals surface area contributed by atoms with E-state index >= 15 is 0 Å². The molecule has 3 aromatic heterocycles. The van der Waals surface area contributed by atoms with Crippen molar-refractivity contribution in [3.05, 3.63) is 40.2 Å². The minimum absolute atomic E-state index is 1.05. The Morgan fingerprint density at radius 2 is 1.42 bits per heavy atom. The van der Waals surface area contributed by atoms with Crippen LogP contribution in [0.1, 0.15) is 0 Å². The van der Waals surface area contributed by atoms with Gasteiger partial charge in [0.25, 0.3) is 0 Å². The lowest BCUT2D eigenvalue weighted by Gasteiger charge is -1.90. The predicted molar refractivity (Wildman–Crippen MR) is 90.1 cm³/mol. The number of rotatable bonds is 3. The first-order valence-corrected chi connectivity index (χ1v) is 9.34. The third kappa shape index (κ3) is 2.96. The van der Waals surface area contributed by atoms with Crippen LogP contribution >= 0.6 is 61.7 Å². The fourth-order valence-corrected chi connectivity index (χ4v) is 5.69. The molecule has 0 amide bonds. The van der Waals surface area contributed by atoms with Crippen LogP contribution in [0.15, 0.2) is 44.4 Å². The molecule has 0 aromatic carbocycles. The van der Waals surface area contributed by atoms with Gasteiger partial charge in [0.1, 0.15) is 5.40 Å². The van der Waals surface area contributed by atoms with Crippen LogP contribution in [-0.2, 0) is 0 Å². The van der Waals surface area contributed by atoms with Gasteiger partial charge in [0.05, 0.1) is 8.00 Å². The minimum Gasteiger partial charge on any atom is -0.185 e. The Bertz CT molecular complexity index is 747. The van der Waals surface area contributed by atoms with Crippen molar-refractivity contribution in [1.82, 2.24) is 0 Å². The van der Waals surface area contributed by atoms with E-state index in [1.165, 1.54) is 31.3 Å². The zero-order valence-electron chi connectivity index (χ0n) is 9.42. The smallest absolute Gasteiger partial charge is 0.139 e. The zero-order chi connectivity index (χ0) is 13.2. The average Bonchev–Trinajstić information content (AvgIpc) is 3.07. The van der Waals surface area contributed by atoms with Gasteiger partial charge in [-0.3, -0.25) is 0 Å². The van der Waals surface area contributed by atoms with Crippen molar-refractivity contribution in [3.8, 4) is 24.9 Å². The lowest BCUT2D eigenvalue weighted by atomic mass is 10.3. The normalized spacial score (nSPS) is 10.5. The van der Waals surface area contributed by atoms with E-state index < -0.39 is 0 Å². The van der Waals surface area contributed by atoms with E-state index in [2.05, 4.69) is 51.7 Å². The zero-order valence-corrected chi connectivity index (χ0v) is 14.3. The van der Waals surface area contributed by atoms with Crippen molar-refractivity contribution in [2.45, 2.75) is 4.21 Å². The maximum Gasteiger partial charge on any atom is 0.139 e. The Morgan fingerprint density at radius 3 is 2.05 bits per heavy atom. The van der Waals surface area contributed by atoms with Crippen LogP contribution < -0.4 is 0 Å². The molecule has 0 aliphatic carbocycles. The van der Waals surface area contributed by atoms with Gasteiger partial charge in [-0.15, -0.1) is 34.0 Å². The predicted octanol–water partition coefficient (Wildman–Crippen LogP) is 6.54. The van der Waals surface area contributed by atoms with Gasteiger partial charge in [-0.25, -0.2) is 0 Å². The monoisotopic (exact) mass is 383 g/mol. The summed E-state index contributed by atoms with van der Waals surface area (Å²) in [6, 6.07) is 12.6. The molecule has 94 valence electrons. The van der Waals surface area contributed by atoms with Crippen LogP contribution in [-0.4, -0.2) is 0 Å². The third-order valence-electron chi connectivity index (χ3n) is 2.39. The second-order valence-corrected chi connectivity index (χ2v) is 9.30. The van der Waals surface area contributed by atoms with Crippen LogP contribution in [0.3, 0.4) is 0 Å². The van der Waals surface area contributed by atoms with Gasteiger partial charge in [-0.1, -0.05) is 0 Å². The van der Waals surface area contributed by atoms with Crippen LogP contribution in [0.25, 0.3) is 19.5 Å². The lowest BCUT2D eigenvalue weighted by molar-refractivity contribution is 1.56. The van der Waals surface area contributed by atoms with E-state index in [1.54, 1.807) is 34.0 Å². The van der Waals surface area contributed by atoms with E-state index in [-0.39, 0.29) is 0 Å². The summed E-state index contributed by atoms with van der Waals surface area (Å²) in [7, 11) is 0. The van der Waals surface area contributed by atoms with Gasteiger partial charge >= 0.3 is 0 Å². The molecule has 0 atom stereocenters. The molecular weight excluding hydrogens is 378 g/mol. The molecule has 0 aliphatic heterocycles. The third-order valence-corrected chi connectivity index (χ3v) is 7.30. The molecule has 0 saturated heterocycles. The Kier molecular flexibility index (Phi) is 4.10. The van der Waals surface area contributed by atoms with E-state index in [4.69, 9.17) is 5.26 Å². The molecule has 0 fully saturated rings. The Labute approximate surface area is 135 Å². The van der Waals surface area contributed by atoms with Gasteiger partial charge in [0.2, 0.25) is 0 Å². The first-order valence-electron chi connectivity index (χ1n) is 5.28.